The first-order valence-electron chi connectivity index (χ1n) is 11.4. The molecule has 4 rings (SSSR count). The number of amides is 1. The summed E-state index contributed by atoms with van der Waals surface area (Å²) < 4.78 is 17.9. The third-order valence-electron chi connectivity index (χ3n) is 5.66. The minimum atomic E-state index is -0.411. The summed E-state index contributed by atoms with van der Waals surface area (Å²) in [5.74, 6) is 0.622. The molecule has 0 bridgehead atoms. The van der Waals surface area contributed by atoms with Gasteiger partial charge in [-0.05, 0) is 61.7 Å². The maximum absolute atomic E-state index is 12.5. The van der Waals surface area contributed by atoms with Crippen molar-refractivity contribution in [3.05, 3.63) is 86.8 Å². The summed E-state index contributed by atoms with van der Waals surface area (Å²) in [6.45, 7) is 3.03. The van der Waals surface area contributed by atoms with Crippen molar-refractivity contribution in [2.24, 2.45) is 0 Å². The smallest absolute Gasteiger partial charge is 0.313 e. The van der Waals surface area contributed by atoms with E-state index in [0.717, 1.165) is 16.5 Å². The summed E-state index contributed by atoms with van der Waals surface area (Å²) in [6, 6.07) is 18.1. The fourth-order valence-corrected chi connectivity index (χ4v) is 4.56. The van der Waals surface area contributed by atoms with E-state index in [9.17, 15) is 9.59 Å². The number of hydrogen-bond donors (Lipinski definition) is 1. The van der Waals surface area contributed by atoms with Gasteiger partial charge in [0.2, 0.25) is 0 Å². The van der Waals surface area contributed by atoms with Crippen LogP contribution >= 0.6 is 27.5 Å². The molecule has 1 aliphatic heterocycles. The molecule has 6 nitrogen and oxygen atoms in total. The summed E-state index contributed by atoms with van der Waals surface area (Å²) in [7, 11) is 0. The average Bonchev–Trinajstić information content (AvgIpc) is 2.86. The van der Waals surface area contributed by atoms with Gasteiger partial charge in [-0.1, -0.05) is 45.7 Å². The predicted molar refractivity (Wildman–Crippen MR) is 138 cm³/mol. The van der Waals surface area contributed by atoms with Crippen LogP contribution in [0.3, 0.4) is 0 Å². The van der Waals surface area contributed by atoms with Crippen LogP contribution in [0.2, 0.25) is 5.02 Å². The Balaban J connectivity index is 1.39. The van der Waals surface area contributed by atoms with Crippen molar-refractivity contribution in [2.75, 3.05) is 19.8 Å². The van der Waals surface area contributed by atoms with Crippen molar-refractivity contribution in [2.45, 2.75) is 25.7 Å². The molecular formula is C27H25BrClNO5. The number of fused-ring (bicyclic) bond motifs is 1. The quantitative estimate of drug-likeness (QED) is 0.329. The molecule has 35 heavy (non-hydrogen) atoms. The number of benzene rings is 3. The second kappa shape index (κ2) is 11.6. The number of hydrogen-bond acceptors (Lipinski definition) is 5. The number of carbonyl (C=O) groups excluding carboxylic acids is 2. The molecule has 0 aliphatic carbocycles. The Morgan fingerprint density at radius 3 is 2.66 bits per heavy atom. The van der Waals surface area contributed by atoms with E-state index >= 15 is 0 Å². The maximum atomic E-state index is 12.5. The van der Waals surface area contributed by atoms with Gasteiger partial charge >= 0.3 is 5.97 Å². The van der Waals surface area contributed by atoms with Crippen molar-refractivity contribution in [3.8, 4) is 17.2 Å². The van der Waals surface area contributed by atoms with Gasteiger partial charge < -0.3 is 19.5 Å². The van der Waals surface area contributed by atoms with Crippen molar-refractivity contribution in [3.63, 3.8) is 0 Å². The highest BCUT2D eigenvalue weighted by Crippen LogP contribution is 2.42. The zero-order valence-corrected chi connectivity index (χ0v) is 21.5. The Hall–Kier alpha value is -3.03. The fraction of sp³-hybridized carbons (Fsp3) is 0.259. The number of esters is 1. The normalized spacial score (nSPS) is 14.4. The molecule has 8 heteroatoms. The van der Waals surface area contributed by atoms with Crippen LogP contribution in [0.4, 0.5) is 0 Å². The highest BCUT2D eigenvalue weighted by Gasteiger charge is 2.30. The summed E-state index contributed by atoms with van der Waals surface area (Å²) in [6.07, 6.45) is 1.26. The van der Waals surface area contributed by atoms with Crippen molar-refractivity contribution >= 4 is 39.4 Å². The predicted octanol–water partition coefficient (Wildman–Crippen LogP) is 6.30. The number of nitrogens with one attached hydrogen (secondary N) is 1. The minimum Gasteiger partial charge on any atom is -0.493 e. The molecule has 0 saturated carbocycles. The molecule has 0 spiro atoms. The molecule has 0 radical (unpaired) electrons. The number of carbonyl (C=O) groups is 2. The third kappa shape index (κ3) is 6.16. The number of rotatable bonds is 8. The molecule has 1 heterocycles. The highest BCUT2D eigenvalue weighted by molar-refractivity contribution is 9.10. The molecule has 3 aromatic rings. The molecule has 1 amide bonds. The number of ether oxygens (including phenoxy) is 3. The Morgan fingerprint density at radius 2 is 1.91 bits per heavy atom. The first-order valence-corrected chi connectivity index (χ1v) is 12.6. The second-order valence-corrected chi connectivity index (χ2v) is 9.25. The topological polar surface area (TPSA) is 73.9 Å². The first-order chi connectivity index (χ1) is 17.0. The van der Waals surface area contributed by atoms with E-state index in [1.165, 1.54) is 0 Å². The van der Waals surface area contributed by atoms with Crippen LogP contribution < -0.4 is 14.8 Å². The van der Waals surface area contributed by atoms with Gasteiger partial charge in [-0.15, -0.1) is 0 Å². The van der Waals surface area contributed by atoms with Gasteiger partial charge in [0.25, 0.3) is 5.91 Å². The van der Waals surface area contributed by atoms with E-state index in [0.29, 0.717) is 59.6 Å². The molecule has 1 aliphatic rings. The maximum Gasteiger partial charge on any atom is 0.313 e. The Bertz CT molecular complexity index is 1210. The fourth-order valence-electron chi connectivity index (χ4n) is 3.87. The second-order valence-electron chi connectivity index (χ2n) is 7.99. The molecular weight excluding hydrogens is 534 g/mol. The van der Waals surface area contributed by atoms with Crippen LogP contribution in [-0.2, 0) is 16.0 Å². The Kier molecular flexibility index (Phi) is 8.31. The SMILES string of the molecule is CCOC(=O)C1CCOc2cc(Oc3ccc(C(=O)NCCc4ccccc4Br)cc3)c(Cl)cc21. The van der Waals surface area contributed by atoms with Crippen LogP contribution in [-0.4, -0.2) is 31.6 Å². The van der Waals surface area contributed by atoms with Crippen LogP contribution in [0.15, 0.2) is 65.1 Å². The van der Waals surface area contributed by atoms with E-state index in [2.05, 4.69) is 21.2 Å². The van der Waals surface area contributed by atoms with Crippen molar-refractivity contribution < 1.29 is 23.8 Å². The van der Waals surface area contributed by atoms with Gasteiger partial charge in [-0.3, -0.25) is 9.59 Å². The largest absolute Gasteiger partial charge is 0.493 e. The third-order valence-corrected chi connectivity index (χ3v) is 6.73. The van der Waals surface area contributed by atoms with Crippen LogP contribution in [0, 0.1) is 0 Å². The molecule has 1 unspecified atom stereocenters. The summed E-state index contributed by atoms with van der Waals surface area (Å²) >= 11 is 9.98. The lowest BCUT2D eigenvalue weighted by molar-refractivity contribution is -0.145. The highest BCUT2D eigenvalue weighted by atomic mass is 79.9. The average molecular weight is 559 g/mol. The summed E-state index contributed by atoms with van der Waals surface area (Å²) in [5.41, 5.74) is 2.36. The lowest BCUT2D eigenvalue weighted by Gasteiger charge is -2.25. The van der Waals surface area contributed by atoms with Crippen molar-refractivity contribution in [1.82, 2.24) is 5.32 Å². The van der Waals surface area contributed by atoms with Crippen LogP contribution in [0.5, 0.6) is 17.2 Å². The zero-order valence-electron chi connectivity index (χ0n) is 19.2. The van der Waals surface area contributed by atoms with E-state index in [4.69, 9.17) is 25.8 Å². The minimum absolute atomic E-state index is 0.158. The number of halogens is 2. The van der Waals surface area contributed by atoms with E-state index in [1.807, 2.05) is 24.3 Å². The van der Waals surface area contributed by atoms with Gasteiger partial charge in [-0.2, -0.15) is 0 Å². The van der Waals surface area contributed by atoms with Gasteiger partial charge in [0, 0.05) is 28.2 Å². The van der Waals surface area contributed by atoms with Gasteiger partial charge in [0.1, 0.15) is 17.2 Å². The van der Waals surface area contributed by atoms with Gasteiger partial charge in [-0.25, -0.2) is 0 Å². The lowest BCUT2D eigenvalue weighted by atomic mass is 9.93. The Labute approximate surface area is 217 Å². The van der Waals surface area contributed by atoms with Crippen LogP contribution in [0.25, 0.3) is 0 Å². The molecule has 3 aromatic carbocycles. The molecule has 182 valence electrons. The summed E-state index contributed by atoms with van der Waals surface area (Å²) in [5, 5.41) is 3.29. The molecule has 1 N–H and O–H groups in total. The molecule has 0 saturated heterocycles. The first kappa shape index (κ1) is 25.1. The monoisotopic (exact) mass is 557 g/mol. The van der Waals surface area contributed by atoms with E-state index < -0.39 is 5.92 Å². The van der Waals surface area contributed by atoms with Crippen LogP contribution in [0.1, 0.15) is 40.7 Å². The van der Waals surface area contributed by atoms with Crippen molar-refractivity contribution in [1.29, 1.82) is 0 Å². The Morgan fingerprint density at radius 1 is 1.14 bits per heavy atom. The molecule has 0 fully saturated rings. The molecule has 0 aromatic heterocycles. The summed E-state index contributed by atoms with van der Waals surface area (Å²) in [4.78, 5) is 24.8. The van der Waals surface area contributed by atoms with E-state index in [-0.39, 0.29) is 11.9 Å². The zero-order chi connectivity index (χ0) is 24.8. The lowest BCUT2D eigenvalue weighted by Crippen LogP contribution is -2.25. The molecule has 1 atom stereocenters. The van der Waals surface area contributed by atoms with Gasteiger partial charge in [0.05, 0.1) is 24.2 Å². The standard InChI is InChI=1S/C27H25BrClNO5/c1-2-33-27(32)20-12-14-34-24-16-25(23(29)15-21(20)24)35-19-9-7-18(8-10-19)26(31)30-13-11-17-5-3-4-6-22(17)28/h3-10,15-16,20H,2,11-14H2,1H3,(H,30,31). The van der Waals surface area contributed by atoms with Gasteiger partial charge in [0.15, 0.2) is 0 Å². The van der Waals surface area contributed by atoms with E-state index in [1.54, 1.807) is 43.3 Å².